The van der Waals surface area contributed by atoms with Crippen LogP contribution in [0.15, 0.2) is 23.1 Å². The molecule has 1 aliphatic carbocycles. The molecule has 0 spiro atoms. The summed E-state index contributed by atoms with van der Waals surface area (Å²) in [6.45, 7) is 3.80. The number of sulfonamides is 2. The van der Waals surface area contributed by atoms with Gasteiger partial charge in [-0.2, -0.15) is 4.31 Å². The molecule has 0 amide bonds. The molecule has 22 heavy (non-hydrogen) atoms. The molecule has 1 aromatic rings. The number of hydrogen-bond donors (Lipinski definition) is 1. The minimum Gasteiger partial charge on any atom is -0.212 e. The Balaban J connectivity index is 2.05. The van der Waals surface area contributed by atoms with E-state index in [0.29, 0.717) is 5.56 Å². The van der Waals surface area contributed by atoms with Crippen molar-refractivity contribution in [2.24, 2.45) is 0 Å². The van der Waals surface area contributed by atoms with Crippen molar-refractivity contribution in [2.75, 3.05) is 19.3 Å². The van der Waals surface area contributed by atoms with Crippen molar-refractivity contribution in [3.8, 4) is 0 Å². The summed E-state index contributed by atoms with van der Waals surface area (Å²) < 4.78 is 51.9. The molecule has 0 aliphatic heterocycles. The van der Waals surface area contributed by atoms with E-state index in [1.807, 2.05) is 13.0 Å². The largest absolute Gasteiger partial charge is 0.240 e. The van der Waals surface area contributed by atoms with Gasteiger partial charge >= 0.3 is 0 Å². The zero-order valence-electron chi connectivity index (χ0n) is 13.0. The number of hydrogen-bond acceptors (Lipinski definition) is 4. The predicted octanol–water partition coefficient (Wildman–Crippen LogP) is 1.01. The van der Waals surface area contributed by atoms with Crippen molar-refractivity contribution in [1.29, 1.82) is 0 Å². The molecule has 0 unspecified atom stereocenters. The van der Waals surface area contributed by atoms with Crippen LogP contribution in [0, 0.1) is 13.8 Å². The third-order valence-corrected chi connectivity index (χ3v) is 6.57. The molecular formula is C14H22N2O4S2. The topological polar surface area (TPSA) is 83.6 Å². The van der Waals surface area contributed by atoms with Gasteiger partial charge in [-0.15, -0.1) is 0 Å². The summed E-state index contributed by atoms with van der Waals surface area (Å²) in [4.78, 5) is 0.241. The molecule has 6 nitrogen and oxygen atoms in total. The summed E-state index contributed by atoms with van der Waals surface area (Å²) >= 11 is 0. The zero-order valence-corrected chi connectivity index (χ0v) is 14.7. The molecule has 0 bridgehead atoms. The van der Waals surface area contributed by atoms with Gasteiger partial charge in [0.25, 0.3) is 0 Å². The fraction of sp³-hybridized carbons (Fsp3) is 0.571. The molecular weight excluding hydrogens is 324 g/mol. The average Bonchev–Trinajstić information content (AvgIpc) is 3.20. The molecule has 1 aliphatic rings. The highest BCUT2D eigenvalue weighted by Gasteiger charge is 2.34. The van der Waals surface area contributed by atoms with Gasteiger partial charge in [0.05, 0.1) is 11.2 Å². The smallest absolute Gasteiger partial charge is 0.212 e. The standard InChI is InChI=1S/C14H22N2O4S2/c1-11-4-5-12(2)14(10-11)22(19,20)15-8-9-16(13-6-7-13)21(3,17)18/h4-5,10,13,15H,6-9H2,1-3H3. The second kappa shape index (κ2) is 6.27. The Bertz CT molecular complexity index is 753. The maximum atomic E-state index is 12.3. The molecule has 0 heterocycles. The molecule has 2 rings (SSSR count). The Morgan fingerprint density at radius 1 is 1.18 bits per heavy atom. The first-order valence-electron chi connectivity index (χ1n) is 7.15. The second-order valence-corrected chi connectivity index (χ2v) is 9.44. The predicted molar refractivity (Wildman–Crippen MR) is 85.7 cm³/mol. The summed E-state index contributed by atoms with van der Waals surface area (Å²) in [6.07, 6.45) is 2.85. The summed E-state index contributed by atoms with van der Waals surface area (Å²) in [5, 5.41) is 0. The molecule has 124 valence electrons. The molecule has 0 atom stereocenters. The number of nitrogens with one attached hydrogen (secondary N) is 1. The van der Waals surface area contributed by atoms with Crippen LogP contribution in [0.1, 0.15) is 24.0 Å². The first-order chi connectivity index (χ1) is 10.1. The van der Waals surface area contributed by atoms with Gasteiger partial charge in [-0.3, -0.25) is 0 Å². The number of benzene rings is 1. The fourth-order valence-corrected chi connectivity index (χ4v) is 4.87. The summed E-state index contributed by atoms with van der Waals surface area (Å²) in [7, 11) is -6.93. The van der Waals surface area contributed by atoms with Gasteiger partial charge in [0.2, 0.25) is 20.0 Å². The average molecular weight is 346 g/mol. The van der Waals surface area contributed by atoms with E-state index in [-0.39, 0.29) is 24.0 Å². The number of aryl methyl sites for hydroxylation is 2. The molecule has 8 heteroatoms. The quantitative estimate of drug-likeness (QED) is 0.798. The van der Waals surface area contributed by atoms with Crippen LogP contribution in [0.5, 0.6) is 0 Å². The number of rotatable bonds is 7. The Morgan fingerprint density at radius 2 is 1.82 bits per heavy atom. The first-order valence-corrected chi connectivity index (χ1v) is 10.5. The lowest BCUT2D eigenvalue weighted by molar-refractivity contribution is 0.410. The third kappa shape index (κ3) is 4.28. The van der Waals surface area contributed by atoms with Gasteiger partial charge in [0.15, 0.2) is 0 Å². The van der Waals surface area contributed by atoms with Crippen LogP contribution >= 0.6 is 0 Å². The van der Waals surface area contributed by atoms with E-state index in [4.69, 9.17) is 0 Å². The molecule has 1 aromatic carbocycles. The highest BCUT2D eigenvalue weighted by molar-refractivity contribution is 7.89. The van der Waals surface area contributed by atoms with Crippen LogP contribution < -0.4 is 4.72 Å². The molecule has 1 saturated carbocycles. The second-order valence-electron chi connectivity index (χ2n) is 5.77. The summed E-state index contributed by atoms with van der Waals surface area (Å²) in [6, 6.07) is 5.26. The van der Waals surface area contributed by atoms with E-state index in [2.05, 4.69) is 4.72 Å². The van der Waals surface area contributed by atoms with Gasteiger partial charge in [-0.05, 0) is 43.9 Å². The van der Waals surface area contributed by atoms with Gasteiger partial charge < -0.3 is 0 Å². The lowest BCUT2D eigenvalue weighted by Crippen LogP contribution is -2.39. The van der Waals surface area contributed by atoms with Crippen LogP contribution in [-0.2, 0) is 20.0 Å². The number of nitrogens with zero attached hydrogens (tertiary/aromatic N) is 1. The van der Waals surface area contributed by atoms with Crippen molar-refractivity contribution in [1.82, 2.24) is 9.03 Å². The lowest BCUT2D eigenvalue weighted by atomic mass is 10.2. The zero-order chi connectivity index (χ0) is 16.5. The lowest BCUT2D eigenvalue weighted by Gasteiger charge is -2.19. The Morgan fingerprint density at radius 3 is 2.36 bits per heavy atom. The van der Waals surface area contributed by atoms with Crippen LogP contribution in [0.3, 0.4) is 0 Å². The van der Waals surface area contributed by atoms with E-state index >= 15 is 0 Å². The fourth-order valence-electron chi connectivity index (χ4n) is 2.35. The SMILES string of the molecule is Cc1ccc(C)c(S(=O)(=O)NCCN(C2CC2)S(C)(=O)=O)c1. The Kier molecular flexibility index (Phi) is 4.96. The molecule has 0 saturated heterocycles. The van der Waals surface area contributed by atoms with E-state index < -0.39 is 20.0 Å². The van der Waals surface area contributed by atoms with E-state index in [1.54, 1.807) is 19.1 Å². The summed E-state index contributed by atoms with van der Waals surface area (Å²) in [5.74, 6) is 0. The van der Waals surface area contributed by atoms with Crippen molar-refractivity contribution in [2.45, 2.75) is 37.6 Å². The van der Waals surface area contributed by atoms with Crippen molar-refractivity contribution in [3.05, 3.63) is 29.3 Å². The minimum atomic E-state index is -3.63. The first kappa shape index (κ1) is 17.4. The molecule has 0 radical (unpaired) electrons. The minimum absolute atomic E-state index is 0.0280. The van der Waals surface area contributed by atoms with Crippen LogP contribution in [-0.4, -0.2) is 46.5 Å². The van der Waals surface area contributed by atoms with E-state index in [0.717, 1.165) is 24.7 Å². The van der Waals surface area contributed by atoms with Gasteiger partial charge in [0, 0.05) is 19.1 Å². The maximum absolute atomic E-state index is 12.3. The molecule has 1 N–H and O–H groups in total. The van der Waals surface area contributed by atoms with Gasteiger partial charge in [-0.25, -0.2) is 21.6 Å². The van der Waals surface area contributed by atoms with Crippen LogP contribution in [0.4, 0.5) is 0 Å². The highest BCUT2D eigenvalue weighted by atomic mass is 32.2. The van der Waals surface area contributed by atoms with E-state index in [1.165, 1.54) is 4.31 Å². The van der Waals surface area contributed by atoms with E-state index in [9.17, 15) is 16.8 Å². The molecule has 0 aromatic heterocycles. The maximum Gasteiger partial charge on any atom is 0.240 e. The van der Waals surface area contributed by atoms with Gasteiger partial charge in [0.1, 0.15) is 0 Å². The summed E-state index contributed by atoms with van der Waals surface area (Å²) in [5.41, 5.74) is 1.53. The monoisotopic (exact) mass is 346 g/mol. The van der Waals surface area contributed by atoms with Gasteiger partial charge in [-0.1, -0.05) is 12.1 Å². The third-order valence-electron chi connectivity index (χ3n) is 3.64. The van der Waals surface area contributed by atoms with Crippen molar-refractivity contribution >= 4 is 20.0 Å². The highest BCUT2D eigenvalue weighted by Crippen LogP contribution is 2.28. The van der Waals surface area contributed by atoms with Crippen LogP contribution in [0.2, 0.25) is 0 Å². The normalized spacial score (nSPS) is 16.2. The Labute approximate surface area is 132 Å². The van der Waals surface area contributed by atoms with Crippen LogP contribution in [0.25, 0.3) is 0 Å². The van der Waals surface area contributed by atoms with Crippen molar-refractivity contribution in [3.63, 3.8) is 0 Å². The molecule has 1 fully saturated rings. The Hall–Kier alpha value is -0.960. The van der Waals surface area contributed by atoms with Crippen molar-refractivity contribution < 1.29 is 16.8 Å².